The van der Waals surface area contributed by atoms with Crippen LogP contribution in [0.2, 0.25) is 15.1 Å². The summed E-state index contributed by atoms with van der Waals surface area (Å²) in [7, 11) is -3.70. The minimum atomic E-state index is -3.70. The maximum Gasteiger partial charge on any atom is 0.260 e. The van der Waals surface area contributed by atoms with Crippen molar-refractivity contribution >= 4 is 62.6 Å². The fourth-order valence-electron chi connectivity index (χ4n) is 2.23. The number of hydrogen-bond donors (Lipinski definition) is 1. The van der Waals surface area contributed by atoms with Gasteiger partial charge >= 0.3 is 0 Å². The molecule has 0 saturated carbocycles. The number of carbonyl (C=O) groups is 1. The molecule has 0 fully saturated rings. The third-order valence-electron chi connectivity index (χ3n) is 3.47. The number of amides is 1. The number of halogens is 3. The van der Waals surface area contributed by atoms with Crippen molar-refractivity contribution < 1.29 is 13.2 Å². The zero-order valence-electron chi connectivity index (χ0n) is 14.4. The van der Waals surface area contributed by atoms with Crippen molar-refractivity contribution in [3.8, 4) is 0 Å². The van der Waals surface area contributed by atoms with E-state index in [0.717, 1.165) is 10.6 Å². The molecule has 1 N–H and O–H groups in total. The third kappa shape index (κ3) is 6.10. The van der Waals surface area contributed by atoms with Crippen molar-refractivity contribution in [1.82, 2.24) is 5.43 Å². The summed E-state index contributed by atoms with van der Waals surface area (Å²) in [5.41, 5.74) is 3.82. The van der Waals surface area contributed by atoms with Gasteiger partial charge in [0.2, 0.25) is 10.0 Å². The molecule has 0 radical (unpaired) electrons. The van der Waals surface area contributed by atoms with Crippen molar-refractivity contribution in [3.63, 3.8) is 0 Å². The van der Waals surface area contributed by atoms with Gasteiger partial charge in [-0.15, -0.1) is 0 Å². The van der Waals surface area contributed by atoms with Crippen molar-refractivity contribution in [2.24, 2.45) is 5.10 Å². The van der Waals surface area contributed by atoms with E-state index in [4.69, 9.17) is 34.8 Å². The highest BCUT2D eigenvalue weighted by molar-refractivity contribution is 7.92. The van der Waals surface area contributed by atoms with E-state index in [1.807, 2.05) is 0 Å². The van der Waals surface area contributed by atoms with E-state index in [1.54, 1.807) is 43.3 Å². The molecule has 0 aromatic heterocycles. The summed E-state index contributed by atoms with van der Waals surface area (Å²) < 4.78 is 25.2. The second kappa shape index (κ2) is 8.93. The lowest BCUT2D eigenvalue weighted by atomic mass is 10.2. The number of anilines is 1. The summed E-state index contributed by atoms with van der Waals surface area (Å²) in [6.45, 7) is 1.27. The quantitative estimate of drug-likeness (QED) is 0.538. The molecule has 0 aliphatic carbocycles. The summed E-state index contributed by atoms with van der Waals surface area (Å²) in [5.74, 6) is -0.615. The van der Waals surface area contributed by atoms with Crippen LogP contribution in [0, 0.1) is 6.92 Å². The molecule has 0 heterocycles. The second-order valence-electron chi connectivity index (χ2n) is 5.66. The standard InChI is InChI=1S/C17H16Cl3N3O3S/c1-11-7-13(18)5-6-16(11)23(27(2,25)26)10-17(24)22-21-9-12-3-4-14(19)8-15(12)20/h3-9H,10H2,1-2H3,(H,22,24)/b21-9-. The minimum Gasteiger partial charge on any atom is -0.271 e. The van der Waals surface area contributed by atoms with Gasteiger partial charge in [-0.2, -0.15) is 5.10 Å². The van der Waals surface area contributed by atoms with E-state index in [-0.39, 0.29) is 0 Å². The van der Waals surface area contributed by atoms with E-state index in [1.165, 1.54) is 6.21 Å². The lowest BCUT2D eigenvalue weighted by molar-refractivity contribution is -0.119. The maximum absolute atomic E-state index is 12.2. The van der Waals surface area contributed by atoms with Crippen molar-refractivity contribution in [1.29, 1.82) is 0 Å². The molecule has 0 spiro atoms. The van der Waals surface area contributed by atoms with Gasteiger partial charge in [-0.1, -0.05) is 40.9 Å². The number of hydrazone groups is 1. The highest BCUT2D eigenvalue weighted by Gasteiger charge is 2.22. The lowest BCUT2D eigenvalue weighted by Crippen LogP contribution is -2.39. The fraction of sp³-hybridized carbons (Fsp3) is 0.176. The number of rotatable bonds is 6. The Balaban J connectivity index is 2.13. The summed E-state index contributed by atoms with van der Waals surface area (Å²) in [5, 5.41) is 5.12. The van der Waals surface area contributed by atoms with Crippen LogP contribution in [0.25, 0.3) is 0 Å². The molecule has 1 amide bonds. The van der Waals surface area contributed by atoms with E-state index >= 15 is 0 Å². The molecule has 0 aliphatic rings. The molecule has 144 valence electrons. The first-order chi connectivity index (χ1) is 12.6. The summed E-state index contributed by atoms with van der Waals surface area (Å²) in [6, 6.07) is 9.53. The zero-order valence-corrected chi connectivity index (χ0v) is 17.5. The molecule has 6 nitrogen and oxygen atoms in total. The molecule has 0 saturated heterocycles. The Kier molecular flexibility index (Phi) is 7.11. The van der Waals surface area contributed by atoms with E-state index < -0.39 is 22.5 Å². The predicted molar refractivity (Wildman–Crippen MR) is 111 cm³/mol. The number of aryl methyl sites for hydroxylation is 1. The highest BCUT2D eigenvalue weighted by Crippen LogP contribution is 2.25. The van der Waals surface area contributed by atoms with E-state index in [0.29, 0.717) is 31.9 Å². The van der Waals surface area contributed by atoms with E-state index in [2.05, 4.69) is 10.5 Å². The van der Waals surface area contributed by atoms with Gasteiger partial charge in [0.15, 0.2) is 0 Å². The summed E-state index contributed by atoms with van der Waals surface area (Å²) >= 11 is 17.7. The molecule has 2 aromatic rings. The first kappa shape index (κ1) is 21.5. The van der Waals surface area contributed by atoms with Crippen LogP contribution in [0.5, 0.6) is 0 Å². The van der Waals surface area contributed by atoms with Gasteiger partial charge in [0.25, 0.3) is 5.91 Å². The lowest BCUT2D eigenvalue weighted by Gasteiger charge is -2.23. The summed E-state index contributed by atoms with van der Waals surface area (Å²) in [6.07, 6.45) is 2.36. The van der Waals surface area contributed by atoms with Crippen LogP contribution in [0.4, 0.5) is 5.69 Å². The van der Waals surface area contributed by atoms with Gasteiger partial charge in [-0.25, -0.2) is 13.8 Å². The molecule has 10 heteroatoms. The number of nitrogens with zero attached hydrogens (tertiary/aromatic N) is 2. The van der Waals surface area contributed by atoms with Crippen LogP contribution >= 0.6 is 34.8 Å². The molecule has 27 heavy (non-hydrogen) atoms. The van der Waals surface area contributed by atoms with Crippen LogP contribution in [0.15, 0.2) is 41.5 Å². The molecule has 0 unspecified atom stereocenters. The van der Waals surface area contributed by atoms with Crippen molar-refractivity contribution in [3.05, 3.63) is 62.6 Å². The number of benzene rings is 2. The largest absolute Gasteiger partial charge is 0.271 e. The molecule has 2 aromatic carbocycles. The van der Waals surface area contributed by atoms with E-state index in [9.17, 15) is 13.2 Å². The highest BCUT2D eigenvalue weighted by atomic mass is 35.5. The van der Waals surface area contributed by atoms with Gasteiger partial charge in [0.1, 0.15) is 6.54 Å². The Hall–Kier alpha value is -1.80. The second-order valence-corrected chi connectivity index (χ2v) is 8.85. The Labute approximate surface area is 172 Å². The van der Waals surface area contributed by atoms with Gasteiger partial charge in [-0.3, -0.25) is 9.10 Å². The SMILES string of the molecule is Cc1cc(Cl)ccc1N(CC(=O)N/N=C\c1ccc(Cl)cc1Cl)S(C)(=O)=O. The van der Waals surface area contributed by atoms with Gasteiger partial charge < -0.3 is 0 Å². The van der Waals surface area contributed by atoms with Crippen LogP contribution in [0.1, 0.15) is 11.1 Å². The Morgan fingerprint density at radius 2 is 1.78 bits per heavy atom. The molecule has 0 atom stereocenters. The van der Waals surface area contributed by atoms with Gasteiger partial charge in [0.05, 0.1) is 23.2 Å². The normalized spacial score (nSPS) is 11.6. The average molecular weight is 449 g/mol. The maximum atomic E-state index is 12.2. The summed E-state index contributed by atoms with van der Waals surface area (Å²) in [4.78, 5) is 12.2. The van der Waals surface area contributed by atoms with Gasteiger partial charge in [-0.05, 0) is 42.8 Å². The predicted octanol–water partition coefficient (Wildman–Crippen LogP) is 3.87. The first-order valence-corrected chi connectivity index (χ1v) is 10.6. The zero-order chi connectivity index (χ0) is 20.2. The molecule has 2 rings (SSSR count). The van der Waals surface area contributed by atoms with Crippen LogP contribution in [-0.2, 0) is 14.8 Å². The van der Waals surface area contributed by atoms with Gasteiger partial charge in [0, 0.05) is 15.6 Å². The van der Waals surface area contributed by atoms with Crippen LogP contribution in [-0.4, -0.2) is 33.3 Å². The molecular weight excluding hydrogens is 433 g/mol. The Bertz CT molecular complexity index is 994. The molecule has 0 bridgehead atoms. The Morgan fingerprint density at radius 1 is 1.15 bits per heavy atom. The fourth-order valence-corrected chi connectivity index (χ4v) is 3.82. The molecule has 0 aliphatic heterocycles. The Morgan fingerprint density at radius 3 is 2.37 bits per heavy atom. The van der Waals surface area contributed by atoms with Crippen LogP contribution in [0.3, 0.4) is 0 Å². The smallest absolute Gasteiger partial charge is 0.260 e. The number of carbonyl (C=O) groups excluding carboxylic acids is 1. The topological polar surface area (TPSA) is 78.8 Å². The number of sulfonamides is 1. The first-order valence-electron chi connectivity index (χ1n) is 7.59. The van der Waals surface area contributed by atoms with Crippen LogP contribution < -0.4 is 9.73 Å². The monoisotopic (exact) mass is 447 g/mol. The van der Waals surface area contributed by atoms with Crippen molar-refractivity contribution in [2.45, 2.75) is 6.92 Å². The number of nitrogens with one attached hydrogen (secondary N) is 1. The number of hydrogen-bond acceptors (Lipinski definition) is 4. The van der Waals surface area contributed by atoms with Crippen molar-refractivity contribution in [2.75, 3.05) is 17.1 Å². The molecular formula is C17H16Cl3N3O3S. The average Bonchev–Trinajstić information content (AvgIpc) is 2.54. The minimum absolute atomic E-state index is 0.363. The third-order valence-corrected chi connectivity index (χ3v) is 5.39.